The smallest absolute Gasteiger partial charge is 0.412 e. The van der Waals surface area contributed by atoms with Crippen LogP contribution in [0, 0.1) is 0 Å². The molecule has 0 bridgehead atoms. The second-order valence-electron chi connectivity index (χ2n) is 6.23. The van der Waals surface area contributed by atoms with Crippen molar-refractivity contribution >= 4 is 41.7 Å². The summed E-state index contributed by atoms with van der Waals surface area (Å²) in [7, 11) is -1.83. The molecule has 2 N–H and O–H groups in total. The van der Waals surface area contributed by atoms with E-state index < -0.39 is 39.1 Å². The number of halogens is 3. The van der Waals surface area contributed by atoms with E-state index in [1.807, 2.05) is 6.92 Å². The van der Waals surface area contributed by atoms with Gasteiger partial charge in [0.1, 0.15) is 25.8 Å². The predicted octanol–water partition coefficient (Wildman–Crippen LogP) is 4.92. The van der Waals surface area contributed by atoms with Crippen LogP contribution in [0.15, 0.2) is 24.3 Å². The molecule has 11 heteroatoms. The number of alkyl halides is 3. The van der Waals surface area contributed by atoms with Crippen molar-refractivity contribution in [2.75, 3.05) is 13.2 Å². The zero-order valence-corrected chi connectivity index (χ0v) is 17.5. The number of hydrogen-bond donors (Lipinski definition) is 2. The lowest BCUT2D eigenvalue weighted by atomic mass is 10.2. The van der Waals surface area contributed by atoms with Crippen LogP contribution < -0.4 is 5.09 Å². The van der Waals surface area contributed by atoms with Crippen LogP contribution in [-0.2, 0) is 20.2 Å². The molecule has 0 saturated carbocycles. The first-order valence-electron chi connectivity index (χ1n) is 8.75. The van der Waals surface area contributed by atoms with E-state index in [0.29, 0.717) is 17.4 Å². The Morgan fingerprint density at radius 2 is 2.03 bits per heavy atom. The fraction of sp³-hybridized carbons (Fsp3) is 0.444. The number of hydrogen-bond acceptors (Lipinski definition) is 6. The van der Waals surface area contributed by atoms with Gasteiger partial charge >= 0.3 is 18.1 Å². The third kappa shape index (κ3) is 7.54. The molecule has 0 aliphatic heterocycles. The van der Waals surface area contributed by atoms with Crippen molar-refractivity contribution in [3.8, 4) is 0 Å². The number of fused-ring (bicyclic) bond motifs is 1. The van der Waals surface area contributed by atoms with Gasteiger partial charge in [0.05, 0.1) is 6.61 Å². The van der Waals surface area contributed by atoms with Crippen molar-refractivity contribution in [2.24, 2.45) is 0 Å². The molecule has 0 aliphatic carbocycles. The van der Waals surface area contributed by atoms with Crippen molar-refractivity contribution in [1.82, 2.24) is 5.09 Å². The molecule has 6 nitrogen and oxygen atoms in total. The maximum Gasteiger partial charge on any atom is 0.412 e. The van der Waals surface area contributed by atoms with E-state index in [9.17, 15) is 22.8 Å². The lowest BCUT2D eigenvalue weighted by Crippen LogP contribution is -2.33. The molecule has 160 valence electrons. The molecule has 0 saturated heterocycles. The van der Waals surface area contributed by atoms with Gasteiger partial charge in [-0.1, -0.05) is 13.0 Å². The van der Waals surface area contributed by atoms with Gasteiger partial charge in [-0.2, -0.15) is 13.2 Å². The van der Waals surface area contributed by atoms with Gasteiger partial charge in [-0.25, -0.2) is 4.79 Å². The Labute approximate surface area is 170 Å². The number of carbonyl (C=O) groups is 2. The minimum atomic E-state index is -4.50. The first-order chi connectivity index (χ1) is 13.6. The molecule has 1 aromatic heterocycles. The average molecular weight is 451 g/mol. The van der Waals surface area contributed by atoms with Crippen LogP contribution in [0.5, 0.6) is 0 Å². The third-order valence-corrected chi connectivity index (χ3v) is 6.51. The van der Waals surface area contributed by atoms with E-state index >= 15 is 0 Å². The summed E-state index contributed by atoms with van der Waals surface area (Å²) < 4.78 is 48.6. The van der Waals surface area contributed by atoms with Crippen LogP contribution in [0.2, 0.25) is 0 Å². The van der Waals surface area contributed by atoms with E-state index in [-0.39, 0.29) is 17.6 Å². The van der Waals surface area contributed by atoms with Gasteiger partial charge in [-0.15, -0.1) is 11.3 Å². The lowest BCUT2D eigenvalue weighted by molar-refractivity contribution is -0.152. The number of benzene rings is 1. The van der Waals surface area contributed by atoms with Gasteiger partial charge in [-0.3, -0.25) is 9.88 Å². The van der Waals surface area contributed by atoms with Crippen LogP contribution in [0.25, 0.3) is 10.1 Å². The number of rotatable bonds is 10. The van der Waals surface area contributed by atoms with Crippen molar-refractivity contribution in [3.63, 3.8) is 0 Å². The molecule has 2 aromatic rings. The Bertz CT molecular complexity index is 858. The number of ether oxygens (including phenoxy) is 1. The second-order valence-corrected chi connectivity index (χ2v) is 8.90. The average Bonchev–Trinajstić information content (AvgIpc) is 3.07. The van der Waals surface area contributed by atoms with Crippen molar-refractivity contribution < 1.29 is 37.1 Å². The van der Waals surface area contributed by atoms with E-state index in [4.69, 9.17) is 14.4 Å². The molecule has 0 aliphatic rings. The van der Waals surface area contributed by atoms with Gasteiger partial charge < -0.3 is 14.4 Å². The number of aromatic carboxylic acids is 1. The van der Waals surface area contributed by atoms with Crippen LogP contribution in [-0.4, -0.2) is 42.5 Å². The zero-order chi connectivity index (χ0) is 21.6. The Balaban J connectivity index is 2.14. The molecule has 0 spiro atoms. The van der Waals surface area contributed by atoms with E-state index in [1.54, 1.807) is 18.2 Å². The van der Waals surface area contributed by atoms with Gasteiger partial charge in [-0.05, 0) is 42.5 Å². The molecule has 1 heterocycles. The summed E-state index contributed by atoms with van der Waals surface area (Å²) >= 11 is 1.12. The number of carboxylic acid groups (broad SMARTS) is 1. The molecule has 29 heavy (non-hydrogen) atoms. The largest absolute Gasteiger partial charge is 0.477 e. The monoisotopic (exact) mass is 451 g/mol. The highest BCUT2D eigenvalue weighted by molar-refractivity contribution is 7.49. The van der Waals surface area contributed by atoms with Gasteiger partial charge in [0.2, 0.25) is 0 Å². The summed E-state index contributed by atoms with van der Waals surface area (Å²) in [6.07, 6.45) is -3.75. The Kier molecular flexibility index (Phi) is 8.39. The fourth-order valence-corrected chi connectivity index (χ4v) is 4.85. The summed E-state index contributed by atoms with van der Waals surface area (Å²) in [4.78, 5) is 23.2. The number of thiophene rings is 1. The van der Waals surface area contributed by atoms with E-state index in [1.165, 1.54) is 13.0 Å². The Hall–Kier alpha value is -1.74. The highest BCUT2D eigenvalue weighted by Crippen LogP contribution is 2.40. The number of nitrogens with one attached hydrogen (secondary N) is 1. The highest BCUT2D eigenvalue weighted by Gasteiger charge is 2.30. The summed E-state index contributed by atoms with van der Waals surface area (Å²) in [5, 5.41) is 12.6. The molecule has 2 atom stereocenters. The first-order valence-corrected chi connectivity index (χ1v) is 11.0. The van der Waals surface area contributed by atoms with Gasteiger partial charge in [0.25, 0.3) is 0 Å². The minimum absolute atomic E-state index is 0.116. The maximum atomic E-state index is 12.6. The molecule has 0 amide bonds. The van der Waals surface area contributed by atoms with Crippen LogP contribution >= 0.6 is 19.6 Å². The van der Waals surface area contributed by atoms with Crippen LogP contribution in [0.3, 0.4) is 0 Å². The summed E-state index contributed by atoms with van der Waals surface area (Å²) in [6.45, 7) is 2.13. The second kappa shape index (κ2) is 10.3. The molecule has 0 radical (unpaired) electrons. The van der Waals surface area contributed by atoms with Crippen LogP contribution in [0.1, 0.15) is 35.5 Å². The van der Waals surface area contributed by atoms with E-state index in [2.05, 4.69) is 5.09 Å². The molecular formula is C18H21F3NO5PS. The van der Waals surface area contributed by atoms with Gasteiger partial charge in [0.15, 0.2) is 0 Å². The zero-order valence-electron chi connectivity index (χ0n) is 15.8. The number of carbonyl (C=O) groups excluding carboxylic acids is 1. The number of esters is 1. The quantitative estimate of drug-likeness (QED) is 0.394. The highest BCUT2D eigenvalue weighted by atomic mass is 32.1. The van der Waals surface area contributed by atoms with Crippen molar-refractivity contribution in [1.29, 1.82) is 0 Å². The maximum absolute atomic E-state index is 12.6. The SMILES string of the molecule is CCCOC(=O)C(C)NP(Cc1ccc2sc(C(=O)O)cc2c1)OCC(F)(F)F. The summed E-state index contributed by atoms with van der Waals surface area (Å²) in [5.74, 6) is -1.60. The standard InChI is InChI=1S/C18H21F3NO5PS/c1-3-6-26-17(25)11(2)22-28(27-10-18(19,20)21)9-12-4-5-14-13(7-12)8-15(29-14)16(23)24/h4-5,7-8,11,22H,3,6,9-10H2,1-2H3,(H,23,24). The predicted molar refractivity (Wildman–Crippen MR) is 105 cm³/mol. The first kappa shape index (κ1) is 23.5. The third-order valence-electron chi connectivity index (χ3n) is 3.64. The van der Waals surface area contributed by atoms with Crippen molar-refractivity contribution in [2.45, 2.75) is 38.6 Å². The lowest BCUT2D eigenvalue weighted by Gasteiger charge is -2.23. The summed E-state index contributed by atoms with van der Waals surface area (Å²) in [6, 6.07) is 5.83. The minimum Gasteiger partial charge on any atom is -0.477 e. The molecule has 2 unspecified atom stereocenters. The normalized spacial score (nSPS) is 14.0. The van der Waals surface area contributed by atoms with Crippen molar-refractivity contribution in [3.05, 3.63) is 34.7 Å². The Morgan fingerprint density at radius 3 is 2.66 bits per heavy atom. The molecular weight excluding hydrogens is 430 g/mol. The number of carboxylic acids is 1. The Morgan fingerprint density at radius 1 is 1.31 bits per heavy atom. The molecule has 1 aromatic carbocycles. The molecule has 2 rings (SSSR count). The summed E-state index contributed by atoms with van der Waals surface area (Å²) in [5.41, 5.74) is 0.669. The van der Waals surface area contributed by atoms with Gasteiger partial charge in [0, 0.05) is 10.9 Å². The fourth-order valence-electron chi connectivity index (χ4n) is 2.34. The van der Waals surface area contributed by atoms with E-state index in [0.717, 1.165) is 16.0 Å². The molecule has 0 fully saturated rings. The van der Waals surface area contributed by atoms with Crippen LogP contribution in [0.4, 0.5) is 13.2 Å². The topological polar surface area (TPSA) is 84.9 Å².